The fourth-order valence-electron chi connectivity index (χ4n) is 3.52. The van der Waals surface area contributed by atoms with Gasteiger partial charge in [-0.05, 0) is 60.9 Å². The molecule has 0 amide bonds. The van der Waals surface area contributed by atoms with Crippen molar-refractivity contribution in [3.63, 3.8) is 0 Å². The molecule has 0 unspecified atom stereocenters. The maximum atomic E-state index is 12.8. The molecule has 0 N–H and O–H groups in total. The summed E-state index contributed by atoms with van der Waals surface area (Å²) in [5.74, 6) is 0.317. The van der Waals surface area contributed by atoms with Crippen molar-refractivity contribution in [2.45, 2.75) is 43.9 Å². The number of hydrogen-bond acceptors (Lipinski definition) is 4. The third kappa shape index (κ3) is 4.46. The lowest BCUT2D eigenvalue weighted by molar-refractivity contribution is 0.486. The molecule has 150 valence electrons. The predicted molar refractivity (Wildman–Crippen MR) is 121 cm³/mol. The first kappa shape index (κ1) is 19.9. The molecule has 0 aliphatic rings. The van der Waals surface area contributed by atoms with Crippen LogP contribution in [0.2, 0.25) is 0 Å². The molecule has 0 aliphatic carbocycles. The van der Waals surface area contributed by atoms with Gasteiger partial charge >= 0.3 is 10.1 Å². The molecule has 1 heterocycles. The first-order chi connectivity index (χ1) is 14.1. The first-order valence-electron chi connectivity index (χ1n) is 10.0. The maximum Gasteiger partial charge on any atom is 0.339 e. The Morgan fingerprint density at radius 3 is 2.31 bits per heavy atom. The molecule has 29 heavy (non-hydrogen) atoms. The van der Waals surface area contributed by atoms with Crippen LogP contribution in [0.3, 0.4) is 0 Å². The fourth-order valence-corrected chi connectivity index (χ4v) is 5.55. The average Bonchev–Trinajstić information content (AvgIpc) is 3.09. The Labute approximate surface area is 176 Å². The lowest BCUT2D eigenvalue weighted by Gasteiger charge is -2.07. The molecule has 5 heteroatoms. The van der Waals surface area contributed by atoms with E-state index < -0.39 is 10.1 Å². The van der Waals surface area contributed by atoms with Crippen molar-refractivity contribution in [1.82, 2.24) is 0 Å². The molecule has 0 bridgehead atoms. The summed E-state index contributed by atoms with van der Waals surface area (Å²) in [5, 5.41) is 2.09. The summed E-state index contributed by atoms with van der Waals surface area (Å²) in [6.45, 7) is 2.22. The summed E-state index contributed by atoms with van der Waals surface area (Å²) in [6, 6.07) is 20.4. The Bertz CT molecular complexity index is 1230. The van der Waals surface area contributed by atoms with E-state index in [-0.39, 0.29) is 4.90 Å². The van der Waals surface area contributed by atoms with Gasteiger partial charge in [-0.1, -0.05) is 50.5 Å². The van der Waals surface area contributed by atoms with Gasteiger partial charge in [0.15, 0.2) is 0 Å². The van der Waals surface area contributed by atoms with E-state index in [0.717, 1.165) is 21.9 Å². The van der Waals surface area contributed by atoms with Gasteiger partial charge < -0.3 is 4.18 Å². The fraction of sp³-hybridized carbons (Fsp3) is 0.250. The van der Waals surface area contributed by atoms with Crippen LogP contribution in [0.5, 0.6) is 5.75 Å². The summed E-state index contributed by atoms with van der Waals surface area (Å²) in [6.07, 6.45) is 6.00. The summed E-state index contributed by atoms with van der Waals surface area (Å²) in [5.41, 5.74) is 1.31. The Morgan fingerprint density at radius 2 is 1.55 bits per heavy atom. The highest BCUT2D eigenvalue weighted by atomic mass is 32.2. The summed E-state index contributed by atoms with van der Waals surface area (Å²) < 4.78 is 33.1. The van der Waals surface area contributed by atoms with Gasteiger partial charge in [-0.15, -0.1) is 11.3 Å². The van der Waals surface area contributed by atoms with Crippen molar-refractivity contribution in [3.05, 3.63) is 72.3 Å². The SMILES string of the molecule is CCCCCCc1ccc2sc3ccc(S(=O)(=O)Oc4ccccc4)cc3c2c1. The number of benzene rings is 3. The minimum Gasteiger partial charge on any atom is -0.379 e. The third-order valence-electron chi connectivity index (χ3n) is 5.06. The van der Waals surface area contributed by atoms with Gasteiger partial charge in [0.05, 0.1) is 0 Å². The lowest BCUT2D eigenvalue weighted by Crippen LogP contribution is -2.09. The van der Waals surface area contributed by atoms with Gasteiger partial charge in [0.25, 0.3) is 0 Å². The molecule has 0 radical (unpaired) electrons. The van der Waals surface area contributed by atoms with Gasteiger partial charge in [0.1, 0.15) is 10.6 Å². The number of thiophene rings is 1. The first-order valence-corrected chi connectivity index (χ1v) is 12.2. The molecular weight excluding hydrogens is 400 g/mol. The number of hydrogen-bond donors (Lipinski definition) is 0. The van der Waals surface area contributed by atoms with E-state index in [4.69, 9.17) is 4.18 Å². The Balaban J connectivity index is 1.67. The zero-order valence-electron chi connectivity index (χ0n) is 16.4. The molecule has 0 atom stereocenters. The Kier molecular flexibility index (Phi) is 5.88. The van der Waals surface area contributed by atoms with E-state index in [2.05, 4.69) is 25.1 Å². The maximum absolute atomic E-state index is 12.8. The van der Waals surface area contributed by atoms with E-state index >= 15 is 0 Å². The number of unbranched alkanes of at least 4 members (excludes halogenated alkanes) is 3. The molecule has 0 saturated heterocycles. The summed E-state index contributed by atoms with van der Waals surface area (Å²) >= 11 is 1.69. The quantitative estimate of drug-likeness (QED) is 0.227. The highest BCUT2D eigenvalue weighted by molar-refractivity contribution is 7.87. The second kappa shape index (κ2) is 8.56. The van der Waals surface area contributed by atoms with Crippen molar-refractivity contribution in [1.29, 1.82) is 0 Å². The van der Waals surface area contributed by atoms with Crippen molar-refractivity contribution >= 4 is 41.6 Å². The Morgan fingerprint density at radius 1 is 0.828 bits per heavy atom. The molecule has 1 aromatic heterocycles. The van der Waals surface area contributed by atoms with Gasteiger partial charge in [0, 0.05) is 20.2 Å². The van der Waals surface area contributed by atoms with Crippen LogP contribution in [0.4, 0.5) is 0 Å². The highest BCUT2D eigenvalue weighted by Crippen LogP contribution is 2.36. The van der Waals surface area contributed by atoms with Crippen LogP contribution >= 0.6 is 11.3 Å². The van der Waals surface area contributed by atoms with E-state index in [1.54, 1.807) is 47.7 Å². The number of rotatable bonds is 8. The van der Waals surface area contributed by atoms with Crippen LogP contribution in [0.25, 0.3) is 20.2 Å². The van der Waals surface area contributed by atoms with Crippen LogP contribution < -0.4 is 4.18 Å². The van der Waals surface area contributed by atoms with Crippen molar-refractivity contribution < 1.29 is 12.6 Å². The second-order valence-electron chi connectivity index (χ2n) is 7.25. The molecule has 0 saturated carbocycles. The molecule has 4 rings (SSSR count). The van der Waals surface area contributed by atoms with Crippen LogP contribution in [0.1, 0.15) is 38.2 Å². The molecular formula is C24H24O3S2. The smallest absolute Gasteiger partial charge is 0.339 e. The summed E-state index contributed by atoms with van der Waals surface area (Å²) in [7, 11) is -3.88. The third-order valence-corrected chi connectivity index (χ3v) is 7.46. The number of fused-ring (bicyclic) bond motifs is 3. The van der Waals surface area contributed by atoms with Crippen LogP contribution in [0, 0.1) is 0 Å². The zero-order valence-corrected chi connectivity index (χ0v) is 18.1. The van der Waals surface area contributed by atoms with Crippen LogP contribution in [-0.2, 0) is 16.5 Å². The van der Waals surface area contributed by atoms with Crippen molar-refractivity contribution in [2.24, 2.45) is 0 Å². The largest absolute Gasteiger partial charge is 0.379 e. The van der Waals surface area contributed by atoms with Crippen LogP contribution in [0.15, 0.2) is 71.6 Å². The Hall–Kier alpha value is -2.37. The van der Waals surface area contributed by atoms with Gasteiger partial charge in [0.2, 0.25) is 0 Å². The predicted octanol–water partition coefficient (Wildman–Crippen LogP) is 6.95. The minimum absolute atomic E-state index is 0.182. The van der Waals surface area contributed by atoms with E-state index in [1.165, 1.54) is 35.9 Å². The standard InChI is InChI=1S/C24H24O3S2/c1-2-3-4-6-9-18-12-14-23-21(16-18)22-17-20(13-15-24(22)28-23)29(25,26)27-19-10-7-5-8-11-19/h5,7-8,10-17H,2-4,6,9H2,1H3. The highest BCUT2D eigenvalue weighted by Gasteiger charge is 2.18. The van der Waals surface area contributed by atoms with Gasteiger partial charge in [-0.25, -0.2) is 0 Å². The van der Waals surface area contributed by atoms with E-state index in [0.29, 0.717) is 5.75 Å². The zero-order chi connectivity index (χ0) is 20.3. The van der Waals surface area contributed by atoms with Crippen molar-refractivity contribution in [3.8, 4) is 5.75 Å². The number of para-hydroxylation sites is 1. The van der Waals surface area contributed by atoms with E-state index in [9.17, 15) is 8.42 Å². The number of aryl methyl sites for hydroxylation is 1. The normalized spacial score (nSPS) is 11.9. The topological polar surface area (TPSA) is 43.4 Å². The molecule has 0 fully saturated rings. The lowest BCUT2D eigenvalue weighted by atomic mass is 10.0. The minimum atomic E-state index is -3.88. The molecule has 0 aliphatic heterocycles. The average molecular weight is 425 g/mol. The van der Waals surface area contributed by atoms with E-state index in [1.807, 2.05) is 12.1 Å². The second-order valence-corrected chi connectivity index (χ2v) is 9.88. The molecule has 0 spiro atoms. The summed E-state index contributed by atoms with van der Waals surface area (Å²) in [4.78, 5) is 0.182. The van der Waals surface area contributed by atoms with Gasteiger partial charge in [-0.2, -0.15) is 8.42 Å². The van der Waals surface area contributed by atoms with Crippen molar-refractivity contribution in [2.75, 3.05) is 0 Å². The van der Waals surface area contributed by atoms with Crippen LogP contribution in [-0.4, -0.2) is 8.42 Å². The molecule has 3 nitrogen and oxygen atoms in total. The molecule has 3 aromatic carbocycles. The molecule has 4 aromatic rings. The van der Waals surface area contributed by atoms with Gasteiger partial charge in [-0.3, -0.25) is 0 Å². The monoisotopic (exact) mass is 424 g/mol.